The molecule has 2 aliphatic rings. The van der Waals surface area contributed by atoms with Gasteiger partial charge in [-0.2, -0.15) is 0 Å². The zero-order valence-electron chi connectivity index (χ0n) is 11.6. The molecule has 1 aromatic carbocycles. The van der Waals surface area contributed by atoms with E-state index in [4.69, 9.17) is 5.11 Å². The van der Waals surface area contributed by atoms with E-state index in [1.807, 2.05) is 24.3 Å². The van der Waals surface area contributed by atoms with Gasteiger partial charge in [-0.25, -0.2) is 4.79 Å². The largest absolute Gasteiger partial charge is 0.481 e. The standard InChI is InChI=1S/C15H15BrN2O4/c16-9-3-1-8(2-4-9)5-6-15(11-7-10(11)12(19)20)13(21)17-14(22)18-15/h1-4,10-11H,5-7H2,(H,19,20)(H2,17,18,21,22)/t10-,11-,15?/m0/s1. The van der Waals surface area contributed by atoms with Gasteiger partial charge < -0.3 is 10.4 Å². The molecule has 1 saturated heterocycles. The number of nitrogens with one attached hydrogen (secondary N) is 2. The van der Waals surface area contributed by atoms with Crippen LogP contribution in [0, 0.1) is 11.8 Å². The first kappa shape index (κ1) is 15.0. The highest BCUT2D eigenvalue weighted by Crippen LogP contribution is 2.49. The van der Waals surface area contributed by atoms with Crippen LogP contribution in [0.4, 0.5) is 4.79 Å². The van der Waals surface area contributed by atoms with Crippen LogP contribution in [0.1, 0.15) is 18.4 Å². The molecule has 0 aromatic heterocycles. The number of imide groups is 1. The summed E-state index contributed by atoms with van der Waals surface area (Å²) in [6, 6.07) is 7.15. The Balaban J connectivity index is 1.78. The molecule has 3 N–H and O–H groups in total. The van der Waals surface area contributed by atoms with Gasteiger partial charge in [-0.05, 0) is 37.0 Å². The number of aliphatic carboxylic acids is 1. The van der Waals surface area contributed by atoms with Gasteiger partial charge in [0, 0.05) is 10.4 Å². The number of benzene rings is 1. The van der Waals surface area contributed by atoms with Crippen molar-refractivity contribution in [1.29, 1.82) is 0 Å². The molecule has 7 heteroatoms. The summed E-state index contributed by atoms with van der Waals surface area (Å²) < 4.78 is 0.964. The number of carboxylic acid groups (broad SMARTS) is 1. The summed E-state index contributed by atoms with van der Waals surface area (Å²) in [7, 11) is 0. The van der Waals surface area contributed by atoms with Crippen LogP contribution in [0.2, 0.25) is 0 Å². The molecule has 22 heavy (non-hydrogen) atoms. The van der Waals surface area contributed by atoms with Crippen LogP contribution in [-0.4, -0.2) is 28.6 Å². The first-order chi connectivity index (χ1) is 10.4. The highest BCUT2D eigenvalue weighted by molar-refractivity contribution is 9.10. The molecule has 0 radical (unpaired) electrons. The van der Waals surface area contributed by atoms with Crippen molar-refractivity contribution in [2.24, 2.45) is 11.8 Å². The van der Waals surface area contributed by atoms with Gasteiger partial charge in [-0.15, -0.1) is 0 Å². The van der Waals surface area contributed by atoms with E-state index in [9.17, 15) is 14.4 Å². The fourth-order valence-corrected chi connectivity index (χ4v) is 3.40. The number of carbonyl (C=O) groups is 3. The Morgan fingerprint density at radius 1 is 1.32 bits per heavy atom. The highest BCUT2D eigenvalue weighted by atomic mass is 79.9. The summed E-state index contributed by atoms with van der Waals surface area (Å²) in [6.45, 7) is 0. The average Bonchev–Trinajstić information content (AvgIpc) is 3.21. The van der Waals surface area contributed by atoms with Crippen molar-refractivity contribution in [3.63, 3.8) is 0 Å². The Morgan fingerprint density at radius 2 is 2.00 bits per heavy atom. The lowest BCUT2D eigenvalue weighted by Gasteiger charge is -2.26. The number of urea groups is 1. The maximum absolute atomic E-state index is 12.2. The van der Waals surface area contributed by atoms with E-state index in [1.54, 1.807) is 0 Å². The minimum absolute atomic E-state index is 0.341. The maximum atomic E-state index is 12.2. The van der Waals surface area contributed by atoms with E-state index in [-0.39, 0.29) is 5.92 Å². The summed E-state index contributed by atoms with van der Waals surface area (Å²) >= 11 is 3.36. The topological polar surface area (TPSA) is 95.5 Å². The third-order valence-electron chi connectivity index (χ3n) is 4.43. The smallest absolute Gasteiger partial charge is 0.322 e. The van der Waals surface area contributed by atoms with E-state index in [0.29, 0.717) is 19.3 Å². The van der Waals surface area contributed by atoms with Gasteiger partial charge in [0.15, 0.2) is 0 Å². The van der Waals surface area contributed by atoms with Gasteiger partial charge in [-0.1, -0.05) is 28.1 Å². The maximum Gasteiger partial charge on any atom is 0.322 e. The summed E-state index contributed by atoms with van der Waals surface area (Å²) in [5.74, 6) is -2.23. The minimum Gasteiger partial charge on any atom is -0.481 e. The summed E-state index contributed by atoms with van der Waals surface area (Å²) in [5, 5.41) is 14.0. The molecular weight excluding hydrogens is 352 g/mol. The third kappa shape index (κ3) is 2.61. The van der Waals surface area contributed by atoms with Crippen molar-refractivity contribution in [3.05, 3.63) is 34.3 Å². The molecule has 1 saturated carbocycles. The Morgan fingerprint density at radius 3 is 2.50 bits per heavy atom. The monoisotopic (exact) mass is 366 g/mol. The number of hydrogen-bond donors (Lipinski definition) is 3. The first-order valence-corrected chi connectivity index (χ1v) is 7.82. The van der Waals surface area contributed by atoms with Gasteiger partial charge in [0.05, 0.1) is 5.92 Å². The van der Waals surface area contributed by atoms with Crippen LogP contribution in [0.25, 0.3) is 0 Å². The number of halogens is 1. The fraction of sp³-hybridized carbons (Fsp3) is 0.400. The van der Waals surface area contributed by atoms with Crippen molar-refractivity contribution >= 4 is 33.8 Å². The zero-order chi connectivity index (χ0) is 15.9. The summed E-state index contributed by atoms with van der Waals surface area (Å²) in [6.07, 6.45) is 1.40. The van der Waals surface area contributed by atoms with E-state index in [1.165, 1.54) is 0 Å². The number of rotatable bonds is 5. The third-order valence-corrected chi connectivity index (χ3v) is 4.96. The second-order valence-electron chi connectivity index (χ2n) is 5.79. The predicted molar refractivity (Wildman–Crippen MR) is 81.1 cm³/mol. The van der Waals surface area contributed by atoms with Crippen LogP contribution in [0.15, 0.2) is 28.7 Å². The highest BCUT2D eigenvalue weighted by Gasteiger charge is 2.62. The molecule has 1 aliphatic carbocycles. The Kier molecular flexibility index (Phi) is 3.68. The molecule has 1 aromatic rings. The van der Waals surface area contributed by atoms with Crippen molar-refractivity contribution < 1.29 is 19.5 Å². The van der Waals surface area contributed by atoms with E-state index < -0.39 is 29.4 Å². The average molecular weight is 367 g/mol. The first-order valence-electron chi connectivity index (χ1n) is 7.03. The van der Waals surface area contributed by atoms with E-state index >= 15 is 0 Å². The quantitative estimate of drug-likeness (QED) is 0.690. The number of amides is 3. The Hall–Kier alpha value is -1.89. The summed E-state index contributed by atoms with van der Waals surface area (Å²) in [5.41, 5.74) is -0.0724. The van der Waals surface area contributed by atoms with Crippen LogP contribution >= 0.6 is 15.9 Å². The van der Waals surface area contributed by atoms with Gasteiger partial charge in [0.25, 0.3) is 5.91 Å². The molecule has 0 bridgehead atoms. The molecule has 1 unspecified atom stereocenters. The molecule has 1 aliphatic heterocycles. The molecule has 6 nitrogen and oxygen atoms in total. The summed E-state index contributed by atoms with van der Waals surface area (Å²) in [4.78, 5) is 34.9. The predicted octanol–water partition coefficient (Wildman–Crippen LogP) is 1.68. The molecule has 3 amide bonds. The lowest BCUT2D eigenvalue weighted by molar-refractivity contribution is -0.139. The minimum atomic E-state index is -1.10. The second kappa shape index (κ2) is 5.39. The van der Waals surface area contributed by atoms with Crippen LogP contribution < -0.4 is 10.6 Å². The van der Waals surface area contributed by atoms with E-state index in [2.05, 4.69) is 26.6 Å². The normalized spacial score (nSPS) is 29.9. The fourth-order valence-electron chi connectivity index (χ4n) is 3.13. The number of aryl methyl sites for hydroxylation is 1. The van der Waals surface area contributed by atoms with Crippen LogP contribution in [-0.2, 0) is 16.0 Å². The van der Waals surface area contributed by atoms with Gasteiger partial charge >= 0.3 is 12.0 Å². The van der Waals surface area contributed by atoms with E-state index in [0.717, 1.165) is 10.0 Å². The number of carbonyl (C=O) groups excluding carboxylic acids is 2. The van der Waals surface area contributed by atoms with Gasteiger partial charge in [0.1, 0.15) is 5.54 Å². The second-order valence-corrected chi connectivity index (χ2v) is 6.71. The number of carboxylic acids is 1. The molecule has 0 spiro atoms. The molecule has 1 heterocycles. The Labute approximate surface area is 135 Å². The van der Waals surface area contributed by atoms with Crippen LogP contribution in [0.3, 0.4) is 0 Å². The molecule has 116 valence electrons. The molecular formula is C15H15BrN2O4. The molecule has 2 fully saturated rings. The molecule has 3 atom stereocenters. The van der Waals surface area contributed by atoms with Crippen LogP contribution in [0.5, 0.6) is 0 Å². The van der Waals surface area contributed by atoms with Crippen molar-refractivity contribution in [3.8, 4) is 0 Å². The van der Waals surface area contributed by atoms with Crippen molar-refractivity contribution in [2.45, 2.75) is 24.8 Å². The zero-order valence-corrected chi connectivity index (χ0v) is 13.2. The van der Waals surface area contributed by atoms with Crippen molar-refractivity contribution in [2.75, 3.05) is 0 Å². The van der Waals surface area contributed by atoms with Gasteiger partial charge in [-0.3, -0.25) is 14.9 Å². The lowest BCUT2D eigenvalue weighted by atomic mass is 9.85. The SMILES string of the molecule is O=C1NC(=O)C(CCc2ccc(Br)cc2)([C@H]2C[C@@H]2C(=O)O)N1. The molecule has 3 rings (SSSR count). The lowest BCUT2D eigenvalue weighted by Crippen LogP contribution is -2.50. The Bertz CT molecular complexity index is 645. The number of hydrogen-bond acceptors (Lipinski definition) is 3. The van der Waals surface area contributed by atoms with Gasteiger partial charge in [0.2, 0.25) is 0 Å². The van der Waals surface area contributed by atoms with Crippen molar-refractivity contribution in [1.82, 2.24) is 10.6 Å².